The predicted molar refractivity (Wildman–Crippen MR) is 77.4 cm³/mol. The van der Waals surface area contributed by atoms with Gasteiger partial charge in [-0.1, -0.05) is 76.6 Å². The average Bonchev–Trinajstić information content (AvgIpc) is 2.55. The minimum absolute atomic E-state index is 0.442. The van der Waals surface area contributed by atoms with Crippen molar-refractivity contribution in [3.63, 3.8) is 0 Å². The van der Waals surface area contributed by atoms with E-state index < -0.39 is 0 Å². The van der Waals surface area contributed by atoms with Crippen LogP contribution in [0.1, 0.15) is 28.2 Å². The smallest absolute Gasteiger partial charge is 0.0198 e. The van der Waals surface area contributed by atoms with Gasteiger partial charge in [0.1, 0.15) is 0 Å². The Hall–Kier alpha value is -1.34. The molecular formula is C16H13Br. The van der Waals surface area contributed by atoms with E-state index in [2.05, 4.69) is 76.6 Å². The third-order valence-electron chi connectivity index (χ3n) is 3.34. The van der Waals surface area contributed by atoms with Gasteiger partial charge in [-0.15, -0.1) is 0 Å². The molecule has 0 fully saturated rings. The zero-order valence-electron chi connectivity index (χ0n) is 9.44. The van der Waals surface area contributed by atoms with Crippen molar-refractivity contribution < 1.29 is 0 Å². The normalized spacial score (nSPS) is 13.9. The lowest BCUT2D eigenvalue weighted by Crippen LogP contribution is -2.04. The molecule has 0 saturated heterocycles. The third kappa shape index (κ3) is 1.85. The molecule has 2 aromatic carbocycles. The first kappa shape index (κ1) is 10.8. The van der Waals surface area contributed by atoms with Gasteiger partial charge >= 0.3 is 0 Å². The fraction of sp³-hybridized carbons (Fsp3) is 0.125. The molecule has 1 aliphatic rings. The van der Waals surface area contributed by atoms with Crippen LogP contribution in [0, 0.1) is 0 Å². The third-order valence-corrected chi connectivity index (χ3v) is 3.99. The second-order valence-electron chi connectivity index (χ2n) is 4.30. The Balaban J connectivity index is 2.25. The molecule has 0 saturated carbocycles. The van der Waals surface area contributed by atoms with Crippen molar-refractivity contribution in [3.05, 3.63) is 70.8 Å². The fourth-order valence-electron chi connectivity index (χ4n) is 2.47. The maximum atomic E-state index is 3.66. The lowest BCUT2D eigenvalue weighted by molar-refractivity contribution is 0.941. The summed E-state index contributed by atoms with van der Waals surface area (Å²) in [6.45, 7) is 0. The molecule has 0 bridgehead atoms. The average molecular weight is 285 g/mol. The molecule has 0 aromatic heterocycles. The van der Waals surface area contributed by atoms with Crippen LogP contribution in [-0.4, -0.2) is 5.33 Å². The summed E-state index contributed by atoms with van der Waals surface area (Å²) in [5.74, 6) is 0.442. The fourth-order valence-corrected chi connectivity index (χ4v) is 3.17. The molecule has 0 nitrogen and oxygen atoms in total. The zero-order chi connectivity index (χ0) is 11.7. The molecule has 0 N–H and O–H groups in total. The van der Waals surface area contributed by atoms with Crippen LogP contribution in [0.15, 0.2) is 48.5 Å². The van der Waals surface area contributed by atoms with E-state index in [1.54, 1.807) is 0 Å². The summed E-state index contributed by atoms with van der Waals surface area (Å²) in [4.78, 5) is 0. The van der Waals surface area contributed by atoms with Crippen LogP contribution in [0.2, 0.25) is 0 Å². The largest absolute Gasteiger partial charge is 0.0918 e. The first-order valence-electron chi connectivity index (χ1n) is 5.82. The molecule has 1 heteroatoms. The van der Waals surface area contributed by atoms with Crippen LogP contribution in [0.3, 0.4) is 0 Å². The van der Waals surface area contributed by atoms with E-state index in [1.165, 1.54) is 22.3 Å². The van der Waals surface area contributed by atoms with Gasteiger partial charge in [-0.3, -0.25) is 0 Å². The maximum Gasteiger partial charge on any atom is 0.0198 e. The van der Waals surface area contributed by atoms with E-state index in [9.17, 15) is 0 Å². The summed E-state index contributed by atoms with van der Waals surface area (Å²) in [6, 6.07) is 17.3. The van der Waals surface area contributed by atoms with Gasteiger partial charge in [0.05, 0.1) is 0 Å². The van der Waals surface area contributed by atoms with E-state index in [0.29, 0.717) is 5.92 Å². The highest BCUT2D eigenvalue weighted by Gasteiger charge is 2.19. The van der Waals surface area contributed by atoms with Crippen LogP contribution in [-0.2, 0) is 0 Å². The molecule has 0 atom stereocenters. The van der Waals surface area contributed by atoms with Crippen molar-refractivity contribution in [2.45, 2.75) is 5.92 Å². The zero-order valence-corrected chi connectivity index (χ0v) is 11.0. The van der Waals surface area contributed by atoms with Crippen LogP contribution in [0.5, 0.6) is 0 Å². The van der Waals surface area contributed by atoms with Gasteiger partial charge in [-0.05, 0) is 22.3 Å². The number of benzene rings is 2. The highest BCUT2D eigenvalue weighted by Crippen LogP contribution is 2.35. The molecule has 0 unspecified atom stereocenters. The van der Waals surface area contributed by atoms with Crippen LogP contribution in [0.4, 0.5) is 0 Å². The van der Waals surface area contributed by atoms with Gasteiger partial charge in [0.25, 0.3) is 0 Å². The van der Waals surface area contributed by atoms with E-state index in [4.69, 9.17) is 0 Å². The van der Waals surface area contributed by atoms with Crippen LogP contribution in [0.25, 0.3) is 12.2 Å². The number of hydrogen-bond acceptors (Lipinski definition) is 0. The summed E-state index contributed by atoms with van der Waals surface area (Å²) < 4.78 is 0. The minimum Gasteiger partial charge on any atom is -0.0918 e. The first-order valence-corrected chi connectivity index (χ1v) is 6.94. The molecule has 3 rings (SSSR count). The molecule has 2 aromatic rings. The van der Waals surface area contributed by atoms with Crippen molar-refractivity contribution >= 4 is 28.1 Å². The topological polar surface area (TPSA) is 0 Å². The Morgan fingerprint density at radius 1 is 0.765 bits per heavy atom. The van der Waals surface area contributed by atoms with Crippen molar-refractivity contribution in [2.24, 2.45) is 0 Å². The van der Waals surface area contributed by atoms with E-state index in [-0.39, 0.29) is 0 Å². The summed E-state index contributed by atoms with van der Waals surface area (Å²) >= 11 is 3.66. The Morgan fingerprint density at radius 2 is 1.24 bits per heavy atom. The van der Waals surface area contributed by atoms with Crippen molar-refractivity contribution in [3.8, 4) is 0 Å². The number of halogens is 1. The first-order chi connectivity index (χ1) is 8.40. The van der Waals surface area contributed by atoms with Gasteiger partial charge in [0.2, 0.25) is 0 Å². The molecule has 84 valence electrons. The highest BCUT2D eigenvalue weighted by atomic mass is 79.9. The van der Waals surface area contributed by atoms with Crippen LogP contribution < -0.4 is 0 Å². The second-order valence-corrected chi connectivity index (χ2v) is 4.95. The molecule has 0 spiro atoms. The Kier molecular flexibility index (Phi) is 2.86. The van der Waals surface area contributed by atoms with Crippen LogP contribution >= 0.6 is 15.9 Å². The molecule has 0 aliphatic heterocycles. The monoisotopic (exact) mass is 284 g/mol. The maximum absolute atomic E-state index is 3.66. The van der Waals surface area contributed by atoms with E-state index in [0.717, 1.165) is 5.33 Å². The van der Waals surface area contributed by atoms with Gasteiger partial charge in [0, 0.05) is 11.2 Å². The Labute approximate surface area is 110 Å². The molecule has 1 aliphatic carbocycles. The number of rotatable bonds is 1. The van der Waals surface area contributed by atoms with Gasteiger partial charge in [-0.25, -0.2) is 0 Å². The van der Waals surface area contributed by atoms with Gasteiger partial charge in [-0.2, -0.15) is 0 Å². The van der Waals surface area contributed by atoms with E-state index in [1.807, 2.05) is 0 Å². The quantitative estimate of drug-likeness (QED) is 0.666. The van der Waals surface area contributed by atoms with Gasteiger partial charge < -0.3 is 0 Å². The Bertz CT molecular complexity index is 520. The summed E-state index contributed by atoms with van der Waals surface area (Å²) in [5.41, 5.74) is 5.47. The molecule has 0 heterocycles. The lowest BCUT2D eigenvalue weighted by Gasteiger charge is -2.17. The van der Waals surface area contributed by atoms with Crippen molar-refractivity contribution in [2.75, 3.05) is 5.33 Å². The minimum atomic E-state index is 0.442. The summed E-state index contributed by atoms with van der Waals surface area (Å²) in [7, 11) is 0. The van der Waals surface area contributed by atoms with E-state index >= 15 is 0 Å². The molecule has 0 radical (unpaired) electrons. The van der Waals surface area contributed by atoms with Crippen molar-refractivity contribution in [1.29, 1.82) is 0 Å². The van der Waals surface area contributed by atoms with Crippen molar-refractivity contribution in [1.82, 2.24) is 0 Å². The van der Waals surface area contributed by atoms with Gasteiger partial charge in [0.15, 0.2) is 0 Å². The molecule has 17 heavy (non-hydrogen) atoms. The molecule has 0 amide bonds. The second kappa shape index (κ2) is 4.50. The molecular weight excluding hydrogens is 272 g/mol. The number of hydrogen-bond donors (Lipinski definition) is 0. The standard InChI is InChI=1S/C16H13Br/c17-11-16-14-7-3-1-5-12(14)9-10-13-6-2-4-8-15(13)16/h1-10,16H,11H2. The summed E-state index contributed by atoms with van der Waals surface area (Å²) in [6.07, 6.45) is 4.44. The summed E-state index contributed by atoms with van der Waals surface area (Å²) in [5, 5.41) is 0.961. The SMILES string of the molecule is BrCC1c2ccccc2C=Cc2ccccc21. The number of alkyl halides is 1. The lowest BCUT2D eigenvalue weighted by atomic mass is 9.89. The Morgan fingerprint density at radius 3 is 1.71 bits per heavy atom. The predicted octanol–water partition coefficient (Wildman–Crippen LogP) is 4.70. The number of fused-ring (bicyclic) bond motifs is 2. The highest BCUT2D eigenvalue weighted by molar-refractivity contribution is 9.09.